The van der Waals surface area contributed by atoms with E-state index in [-0.39, 0.29) is 23.2 Å². The molecule has 9 nitrogen and oxygen atoms in total. The van der Waals surface area contributed by atoms with Crippen LogP contribution in [0.15, 0.2) is 18.6 Å². The van der Waals surface area contributed by atoms with E-state index in [9.17, 15) is 9.59 Å². The molecule has 2 amide bonds. The van der Waals surface area contributed by atoms with E-state index in [2.05, 4.69) is 20.3 Å². The Morgan fingerprint density at radius 2 is 2.12 bits per heavy atom. The Morgan fingerprint density at radius 3 is 2.80 bits per heavy atom. The van der Waals surface area contributed by atoms with Gasteiger partial charge in [-0.05, 0) is 32.3 Å². The van der Waals surface area contributed by atoms with Crippen molar-refractivity contribution < 1.29 is 9.59 Å². The zero-order chi connectivity index (χ0) is 17.4. The first kappa shape index (κ1) is 15.8. The SMILES string of the molecule is CCn1ccc(C(=O)N2CCCCC23CN(C(=O)c2ncn[nH]2)C3)n1. The van der Waals surface area contributed by atoms with Crippen molar-refractivity contribution in [3.63, 3.8) is 0 Å². The second-order valence-corrected chi connectivity index (χ2v) is 6.69. The molecule has 25 heavy (non-hydrogen) atoms. The fourth-order valence-corrected chi connectivity index (χ4v) is 3.80. The van der Waals surface area contributed by atoms with Crippen LogP contribution in [0, 0.1) is 0 Å². The molecule has 1 N–H and O–H groups in total. The highest BCUT2D eigenvalue weighted by atomic mass is 16.2. The molecule has 2 aromatic heterocycles. The van der Waals surface area contributed by atoms with Crippen LogP contribution in [-0.4, -0.2) is 71.7 Å². The summed E-state index contributed by atoms with van der Waals surface area (Å²) in [6.07, 6.45) is 6.11. The molecule has 0 unspecified atom stereocenters. The maximum absolute atomic E-state index is 13.0. The number of carbonyl (C=O) groups is 2. The molecule has 132 valence electrons. The summed E-state index contributed by atoms with van der Waals surface area (Å²) in [5.41, 5.74) is 0.198. The van der Waals surface area contributed by atoms with Crippen LogP contribution in [-0.2, 0) is 6.54 Å². The predicted molar refractivity (Wildman–Crippen MR) is 87.8 cm³/mol. The van der Waals surface area contributed by atoms with Crippen molar-refractivity contribution in [2.45, 2.75) is 38.3 Å². The van der Waals surface area contributed by atoms with Gasteiger partial charge in [0.15, 0.2) is 0 Å². The lowest BCUT2D eigenvalue weighted by molar-refractivity contribution is -0.0484. The zero-order valence-corrected chi connectivity index (χ0v) is 14.2. The van der Waals surface area contributed by atoms with Crippen LogP contribution in [0.3, 0.4) is 0 Å². The first-order chi connectivity index (χ1) is 12.1. The zero-order valence-electron chi connectivity index (χ0n) is 14.2. The molecule has 0 bridgehead atoms. The molecule has 4 heterocycles. The summed E-state index contributed by atoms with van der Waals surface area (Å²) in [7, 11) is 0. The van der Waals surface area contributed by atoms with Gasteiger partial charge in [-0.3, -0.25) is 19.4 Å². The second-order valence-electron chi connectivity index (χ2n) is 6.69. The maximum Gasteiger partial charge on any atom is 0.291 e. The van der Waals surface area contributed by atoms with E-state index in [0.29, 0.717) is 25.3 Å². The average molecular weight is 343 g/mol. The predicted octanol–water partition coefficient (Wildman–Crippen LogP) is 0.542. The molecule has 9 heteroatoms. The largest absolute Gasteiger partial charge is 0.331 e. The standard InChI is InChI=1S/C16H21N7O2/c1-2-22-8-5-12(20-22)14(24)23-7-4-3-6-16(23)9-21(10-16)15(25)13-17-11-18-19-13/h5,8,11H,2-4,6-7,9-10H2,1H3,(H,17,18,19). The highest BCUT2D eigenvalue weighted by Crippen LogP contribution is 2.37. The van der Waals surface area contributed by atoms with E-state index < -0.39 is 0 Å². The Morgan fingerprint density at radius 1 is 1.28 bits per heavy atom. The van der Waals surface area contributed by atoms with E-state index in [1.807, 2.05) is 18.0 Å². The van der Waals surface area contributed by atoms with Crippen molar-refractivity contribution in [3.8, 4) is 0 Å². The summed E-state index contributed by atoms with van der Waals surface area (Å²) in [5.74, 6) is 0.0280. The minimum Gasteiger partial charge on any atom is -0.331 e. The Kier molecular flexibility index (Phi) is 3.78. The van der Waals surface area contributed by atoms with Crippen molar-refractivity contribution in [3.05, 3.63) is 30.1 Å². The fraction of sp³-hybridized carbons (Fsp3) is 0.562. The van der Waals surface area contributed by atoms with Gasteiger partial charge in [0.1, 0.15) is 12.0 Å². The number of nitrogens with zero attached hydrogens (tertiary/aromatic N) is 6. The van der Waals surface area contributed by atoms with Gasteiger partial charge in [-0.25, -0.2) is 4.98 Å². The number of H-pyrrole nitrogens is 1. The van der Waals surface area contributed by atoms with E-state index in [0.717, 1.165) is 25.8 Å². The highest BCUT2D eigenvalue weighted by Gasteiger charge is 2.52. The van der Waals surface area contributed by atoms with E-state index >= 15 is 0 Å². The third kappa shape index (κ3) is 2.59. The maximum atomic E-state index is 13.0. The number of piperidine rings is 1. The number of likely N-dealkylation sites (tertiary alicyclic amines) is 2. The number of nitrogens with one attached hydrogen (secondary N) is 1. The molecular formula is C16H21N7O2. The molecule has 0 aromatic carbocycles. The molecular weight excluding hydrogens is 322 g/mol. The third-order valence-electron chi connectivity index (χ3n) is 5.15. The van der Waals surface area contributed by atoms with Crippen LogP contribution < -0.4 is 0 Å². The number of hydrogen-bond donors (Lipinski definition) is 1. The smallest absolute Gasteiger partial charge is 0.291 e. The summed E-state index contributed by atoms with van der Waals surface area (Å²) in [6, 6.07) is 1.77. The molecule has 2 aromatic rings. The van der Waals surface area contributed by atoms with Crippen LogP contribution in [0.2, 0.25) is 0 Å². The van der Waals surface area contributed by atoms with Gasteiger partial charge in [-0.1, -0.05) is 0 Å². The monoisotopic (exact) mass is 343 g/mol. The molecule has 0 aliphatic carbocycles. The Hall–Kier alpha value is -2.71. The lowest BCUT2D eigenvalue weighted by atomic mass is 9.79. The minimum absolute atomic E-state index is 0.0429. The van der Waals surface area contributed by atoms with Gasteiger partial charge in [0.25, 0.3) is 11.8 Å². The number of hydrogen-bond acceptors (Lipinski definition) is 5. The number of carbonyl (C=O) groups excluding carboxylic acids is 2. The Labute approximate surface area is 145 Å². The highest BCUT2D eigenvalue weighted by molar-refractivity contribution is 5.94. The van der Waals surface area contributed by atoms with Crippen LogP contribution >= 0.6 is 0 Å². The number of aryl methyl sites for hydroxylation is 1. The van der Waals surface area contributed by atoms with Crippen LogP contribution in [0.4, 0.5) is 0 Å². The molecule has 1 spiro atoms. The number of amides is 2. The second kappa shape index (κ2) is 5.98. The lowest BCUT2D eigenvalue weighted by Crippen LogP contribution is -2.73. The summed E-state index contributed by atoms with van der Waals surface area (Å²) >= 11 is 0. The van der Waals surface area contributed by atoms with Gasteiger partial charge < -0.3 is 9.80 Å². The molecule has 2 fully saturated rings. The van der Waals surface area contributed by atoms with Crippen molar-refractivity contribution in [2.24, 2.45) is 0 Å². The summed E-state index contributed by atoms with van der Waals surface area (Å²) in [4.78, 5) is 32.9. The first-order valence-corrected chi connectivity index (χ1v) is 8.63. The van der Waals surface area contributed by atoms with Crippen molar-refractivity contribution >= 4 is 11.8 Å². The number of rotatable bonds is 3. The average Bonchev–Trinajstić information content (AvgIpc) is 3.29. The molecule has 0 atom stereocenters. The molecule has 0 saturated carbocycles. The first-order valence-electron chi connectivity index (χ1n) is 8.63. The number of aromatic amines is 1. The molecule has 4 rings (SSSR count). The van der Waals surface area contributed by atoms with Gasteiger partial charge in [0.2, 0.25) is 5.82 Å². The topological polar surface area (TPSA) is 100 Å². The minimum atomic E-state index is -0.277. The van der Waals surface area contributed by atoms with Gasteiger partial charge in [-0.15, -0.1) is 0 Å². The lowest BCUT2D eigenvalue weighted by Gasteiger charge is -2.57. The summed E-state index contributed by atoms with van der Waals surface area (Å²) < 4.78 is 1.75. The van der Waals surface area contributed by atoms with Gasteiger partial charge >= 0.3 is 0 Å². The van der Waals surface area contributed by atoms with Crippen molar-refractivity contribution in [2.75, 3.05) is 19.6 Å². The fourth-order valence-electron chi connectivity index (χ4n) is 3.80. The van der Waals surface area contributed by atoms with Crippen LogP contribution in [0.25, 0.3) is 0 Å². The van der Waals surface area contributed by atoms with Crippen LogP contribution in [0.5, 0.6) is 0 Å². The van der Waals surface area contributed by atoms with Gasteiger partial charge in [0.05, 0.1) is 5.54 Å². The van der Waals surface area contributed by atoms with E-state index in [1.54, 1.807) is 15.6 Å². The third-order valence-corrected chi connectivity index (χ3v) is 5.15. The molecule has 0 radical (unpaired) electrons. The summed E-state index contributed by atoms with van der Waals surface area (Å²) in [5, 5.41) is 10.7. The van der Waals surface area contributed by atoms with Crippen LogP contribution in [0.1, 0.15) is 47.3 Å². The Balaban J connectivity index is 1.50. The number of aromatic nitrogens is 5. The van der Waals surface area contributed by atoms with Crippen molar-refractivity contribution in [1.82, 2.24) is 34.8 Å². The van der Waals surface area contributed by atoms with Gasteiger partial charge in [-0.2, -0.15) is 10.2 Å². The van der Waals surface area contributed by atoms with E-state index in [4.69, 9.17) is 0 Å². The van der Waals surface area contributed by atoms with Gasteiger partial charge in [0, 0.05) is 32.4 Å². The molecule has 2 aliphatic heterocycles. The summed E-state index contributed by atoms with van der Waals surface area (Å²) in [6.45, 7) is 4.50. The Bertz CT molecular complexity index is 776. The normalized spacial score (nSPS) is 19.1. The molecule has 2 aliphatic rings. The van der Waals surface area contributed by atoms with E-state index in [1.165, 1.54) is 6.33 Å². The quantitative estimate of drug-likeness (QED) is 0.877. The van der Waals surface area contributed by atoms with Crippen molar-refractivity contribution in [1.29, 1.82) is 0 Å². The molecule has 2 saturated heterocycles.